The molecule has 158 valence electrons. The van der Waals surface area contributed by atoms with Crippen molar-refractivity contribution >= 4 is 11.8 Å². The Morgan fingerprint density at radius 3 is 2.57 bits per heavy atom. The molecule has 1 N–H and O–H groups in total. The summed E-state index contributed by atoms with van der Waals surface area (Å²) < 4.78 is 6.19. The predicted octanol–water partition coefficient (Wildman–Crippen LogP) is 3.43. The van der Waals surface area contributed by atoms with Gasteiger partial charge in [-0.15, -0.1) is 0 Å². The molecule has 1 aliphatic carbocycles. The van der Waals surface area contributed by atoms with Crippen LogP contribution in [0.25, 0.3) is 11.1 Å². The first-order chi connectivity index (χ1) is 14.6. The number of benzene rings is 2. The van der Waals surface area contributed by atoms with Crippen molar-refractivity contribution in [1.29, 1.82) is 0 Å². The van der Waals surface area contributed by atoms with Crippen LogP contribution in [0, 0.1) is 5.92 Å². The highest BCUT2D eigenvalue weighted by atomic mass is 16.5. The standard InChI is InChI=1S/C25H30N2O3/c1-2-14-26-24(29)25(18-27(15-16-30-25)23(28)20-12-13-20)17-21-10-6-7-11-22(21)19-8-4-3-5-9-19/h3-11,20H,2,12-18H2,1H3,(H,26,29). The van der Waals surface area contributed by atoms with Crippen molar-refractivity contribution in [3.05, 3.63) is 60.2 Å². The molecule has 5 nitrogen and oxygen atoms in total. The SMILES string of the molecule is CCCNC(=O)C1(Cc2ccccc2-c2ccccc2)CN(C(=O)C2CC2)CCO1. The monoisotopic (exact) mass is 406 g/mol. The van der Waals surface area contributed by atoms with E-state index in [0.29, 0.717) is 32.7 Å². The third-order valence-corrected chi connectivity index (χ3v) is 5.95. The molecule has 1 saturated heterocycles. The first kappa shape index (κ1) is 20.6. The van der Waals surface area contributed by atoms with Gasteiger partial charge < -0.3 is 15.0 Å². The smallest absolute Gasteiger partial charge is 0.254 e. The molecule has 2 fully saturated rings. The van der Waals surface area contributed by atoms with Crippen LogP contribution in [-0.2, 0) is 20.7 Å². The van der Waals surface area contributed by atoms with Crippen LogP contribution >= 0.6 is 0 Å². The van der Waals surface area contributed by atoms with Crippen molar-refractivity contribution in [3.8, 4) is 11.1 Å². The van der Waals surface area contributed by atoms with Crippen LogP contribution in [-0.4, -0.2) is 48.6 Å². The number of carbonyl (C=O) groups is 2. The molecule has 0 spiro atoms. The van der Waals surface area contributed by atoms with E-state index in [-0.39, 0.29) is 17.7 Å². The fourth-order valence-corrected chi connectivity index (χ4v) is 4.17. The van der Waals surface area contributed by atoms with Crippen molar-refractivity contribution in [2.45, 2.75) is 38.2 Å². The number of amides is 2. The van der Waals surface area contributed by atoms with Gasteiger partial charge in [-0.2, -0.15) is 0 Å². The third-order valence-electron chi connectivity index (χ3n) is 5.95. The Morgan fingerprint density at radius 1 is 1.10 bits per heavy atom. The van der Waals surface area contributed by atoms with Crippen LogP contribution in [0.1, 0.15) is 31.7 Å². The van der Waals surface area contributed by atoms with E-state index < -0.39 is 5.60 Å². The maximum Gasteiger partial charge on any atom is 0.254 e. The lowest BCUT2D eigenvalue weighted by Crippen LogP contribution is -2.62. The maximum atomic E-state index is 13.3. The van der Waals surface area contributed by atoms with Gasteiger partial charge in [0.15, 0.2) is 5.60 Å². The Hall–Kier alpha value is -2.66. The molecule has 0 radical (unpaired) electrons. The molecule has 1 unspecified atom stereocenters. The molecule has 2 amide bonds. The van der Waals surface area contributed by atoms with Gasteiger partial charge in [0.05, 0.1) is 13.2 Å². The second-order valence-electron chi connectivity index (χ2n) is 8.33. The van der Waals surface area contributed by atoms with Gasteiger partial charge in [0.1, 0.15) is 0 Å². The second kappa shape index (κ2) is 9.00. The lowest BCUT2D eigenvalue weighted by Gasteiger charge is -2.42. The van der Waals surface area contributed by atoms with Crippen LogP contribution in [0.5, 0.6) is 0 Å². The van der Waals surface area contributed by atoms with E-state index in [1.807, 2.05) is 42.2 Å². The van der Waals surface area contributed by atoms with Gasteiger partial charge in [0.25, 0.3) is 5.91 Å². The molecule has 2 aromatic carbocycles. The van der Waals surface area contributed by atoms with Crippen molar-refractivity contribution in [2.75, 3.05) is 26.2 Å². The summed E-state index contributed by atoms with van der Waals surface area (Å²) in [5.74, 6) is 0.180. The largest absolute Gasteiger partial charge is 0.361 e. The van der Waals surface area contributed by atoms with Gasteiger partial charge in [-0.3, -0.25) is 9.59 Å². The Bertz CT molecular complexity index is 894. The number of nitrogens with zero attached hydrogens (tertiary/aromatic N) is 1. The van der Waals surface area contributed by atoms with Crippen LogP contribution in [0.15, 0.2) is 54.6 Å². The summed E-state index contributed by atoms with van der Waals surface area (Å²) in [6.45, 7) is 3.87. The van der Waals surface area contributed by atoms with E-state index in [4.69, 9.17) is 4.74 Å². The highest BCUT2D eigenvalue weighted by Gasteiger charge is 2.47. The average Bonchev–Trinajstić information content (AvgIpc) is 3.63. The summed E-state index contributed by atoms with van der Waals surface area (Å²) in [7, 11) is 0. The number of hydrogen-bond donors (Lipinski definition) is 1. The van der Waals surface area contributed by atoms with E-state index >= 15 is 0 Å². The molecule has 0 aromatic heterocycles. The van der Waals surface area contributed by atoms with Gasteiger partial charge in [0, 0.05) is 25.4 Å². The van der Waals surface area contributed by atoms with Gasteiger partial charge in [0.2, 0.25) is 5.91 Å². The zero-order valence-electron chi connectivity index (χ0n) is 17.6. The molecular weight excluding hydrogens is 376 g/mol. The van der Waals surface area contributed by atoms with Crippen LogP contribution < -0.4 is 5.32 Å². The Balaban J connectivity index is 1.66. The molecule has 2 aliphatic rings. The maximum absolute atomic E-state index is 13.3. The first-order valence-corrected chi connectivity index (χ1v) is 11.0. The zero-order valence-corrected chi connectivity index (χ0v) is 17.6. The van der Waals surface area contributed by atoms with E-state index in [0.717, 1.165) is 36.0 Å². The number of rotatable bonds is 7. The molecular formula is C25H30N2O3. The second-order valence-corrected chi connectivity index (χ2v) is 8.33. The lowest BCUT2D eigenvalue weighted by molar-refractivity contribution is -0.166. The van der Waals surface area contributed by atoms with Crippen molar-refractivity contribution in [3.63, 3.8) is 0 Å². The minimum atomic E-state index is -1.07. The first-order valence-electron chi connectivity index (χ1n) is 11.0. The van der Waals surface area contributed by atoms with Gasteiger partial charge in [-0.25, -0.2) is 0 Å². The molecule has 4 rings (SSSR count). The molecule has 30 heavy (non-hydrogen) atoms. The average molecular weight is 407 g/mol. The number of ether oxygens (including phenoxy) is 1. The zero-order chi connectivity index (χ0) is 21.0. The van der Waals surface area contributed by atoms with Crippen molar-refractivity contribution in [2.24, 2.45) is 5.92 Å². The number of carbonyl (C=O) groups excluding carboxylic acids is 2. The fraction of sp³-hybridized carbons (Fsp3) is 0.440. The minimum Gasteiger partial charge on any atom is -0.361 e. The Labute approximate surface area is 178 Å². The summed E-state index contributed by atoms with van der Waals surface area (Å²) in [5, 5.41) is 3.02. The molecule has 1 aliphatic heterocycles. The van der Waals surface area contributed by atoms with E-state index in [2.05, 4.69) is 29.6 Å². The Kier molecular flexibility index (Phi) is 6.18. The predicted molar refractivity (Wildman–Crippen MR) is 117 cm³/mol. The van der Waals surface area contributed by atoms with E-state index in [1.165, 1.54) is 0 Å². The highest BCUT2D eigenvalue weighted by molar-refractivity contribution is 5.88. The normalized spacial score (nSPS) is 21.3. The quantitative estimate of drug-likeness (QED) is 0.766. The number of hydrogen-bond acceptors (Lipinski definition) is 3. The van der Waals surface area contributed by atoms with Crippen LogP contribution in [0.2, 0.25) is 0 Å². The van der Waals surface area contributed by atoms with Crippen LogP contribution in [0.4, 0.5) is 0 Å². The fourth-order valence-electron chi connectivity index (χ4n) is 4.17. The molecule has 2 aromatic rings. The summed E-state index contributed by atoms with van der Waals surface area (Å²) in [6.07, 6.45) is 3.21. The van der Waals surface area contributed by atoms with Gasteiger partial charge >= 0.3 is 0 Å². The highest BCUT2D eigenvalue weighted by Crippen LogP contribution is 2.34. The van der Waals surface area contributed by atoms with Gasteiger partial charge in [-0.05, 0) is 36.0 Å². The minimum absolute atomic E-state index is 0.125. The summed E-state index contributed by atoms with van der Waals surface area (Å²) in [5.41, 5.74) is 2.19. The van der Waals surface area contributed by atoms with Crippen molar-refractivity contribution < 1.29 is 14.3 Å². The van der Waals surface area contributed by atoms with E-state index in [1.54, 1.807) is 0 Å². The molecule has 1 saturated carbocycles. The van der Waals surface area contributed by atoms with Gasteiger partial charge in [-0.1, -0.05) is 61.5 Å². The summed E-state index contributed by atoms with van der Waals surface area (Å²) in [4.78, 5) is 27.9. The van der Waals surface area contributed by atoms with Crippen LogP contribution in [0.3, 0.4) is 0 Å². The molecule has 1 heterocycles. The number of nitrogens with one attached hydrogen (secondary N) is 1. The number of morpholine rings is 1. The topological polar surface area (TPSA) is 58.6 Å². The summed E-state index contributed by atoms with van der Waals surface area (Å²) in [6, 6.07) is 18.3. The summed E-state index contributed by atoms with van der Waals surface area (Å²) >= 11 is 0. The van der Waals surface area contributed by atoms with Crippen molar-refractivity contribution in [1.82, 2.24) is 10.2 Å². The van der Waals surface area contributed by atoms with E-state index in [9.17, 15) is 9.59 Å². The lowest BCUT2D eigenvalue weighted by atomic mass is 9.87. The molecule has 5 heteroatoms. The molecule has 1 atom stereocenters. The molecule has 0 bridgehead atoms. The Morgan fingerprint density at radius 2 is 1.83 bits per heavy atom. The third kappa shape index (κ3) is 4.41.